The van der Waals surface area contributed by atoms with Gasteiger partial charge in [0, 0.05) is 23.4 Å². The number of rotatable bonds is 6. The molecule has 1 heterocycles. The Balaban J connectivity index is 2.09. The molecule has 0 bridgehead atoms. The fraction of sp³-hybridized carbons (Fsp3) is 0.458. The van der Waals surface area contributed by atoms with E-state index >= 15 is 0 Å². The van der Waals surface area contributed by atoms with Gasteiger partial charge in [0.05, 0.1) is 0 Å². The molecule has 1 atom stereocenters. The number of benzene rings is 1. The van der Waals surface area contributed by atoms with Crippen LogP contribution in [0.4, 0.5) is 0 Å². The highest BCUT2D eigenvalue weighted by Gasteiger charge is 2.25. The number of nitrogens with one attached hydrogen (secondary N) is 3. The topological polar surface area (TPSA) is 91.1 Å². The van der Waals surface area contributed by atoms with Gasteiger partial charge in [0.1, 0.15) is 6.04 Å². The number of aryl methyl sites for hydroxylation is 2. The van der Waals surface area contributed by atoms with Gasteiger partial charge in [0.25, 0.3) is 11.5 Å². The fourth-order valence-electron chi connectivity index (χ4n) is 3.27. The second-order valence-corrected chi connectivity index (χ2v) is 9.18. The van der Waals surface area contributed by atoms with Gasteiger partial charge in [-0.1, -0.05) is 46.8 Å². The number of hydrogen-bond donors (Lipinski definition) is 3. The van der Waals surface area contributed by atoms with Gasteiger partial charge in [0.15, 0.2) is 0 Å². The molecule has 2 rings (SSSR count). The summed E-state index contributed by atoms with van der Waals surface area (Å²) in [4.78, 5) is 40.4. The average molecular weight is 412 g/mol. The first-order chi connectivity index (χ1) is 13.9. The lowest BCUT2D eigenvalue weighted by atomic mass is 9.86. The summed E-state index contributed by atoms with van der Waals surface area (Å²) in [5.74, 6) is -0.724. The lowest BCUT2D eigenvalue weighted by molar-refractivity contribution is -0.124. The molecule has 0 fully saturated rings. The molecule has 6 heteroatoms. The van der Waals surface area contributed by atoms with E-state index in [9.17, 15) is 14.4 Å². The minimum absolute atomic E-state index is 0.00130. The average Bonchev–Trinajstić information content (AvgIpc) is 2.64. The monoisotopic (exact) mass is 411 g/mol. The van der Waals surface area contributed by atoms with Crippen LogP contribution < -0.4 is 16.2 Å². The van der Waals surface area contributed by atoms with Gasteiger partial charge in [-0.3, -0.25) is 14.4 Å². The SMILES string of the molecule is Cc1cc(C)c(CNC(=O)[C@@H](NC(=O)c2ccc(C(C)(C)C)cc2)C(C)C)c(=O)[nH]1. The van der Waals surface area contributed by atoms with Crippen LogP contribution in [0.2, 0.25) is 0 Å². The van der Waals surface area contributed by atoms with Crippen molar-refractivity contribution in [2.24, 2.45) is 5.92 Å². The second-order valence-electron chi connectivity index (χ2n) is 9.18. The van der Waals surface area contributed by atoms with Crippen molar-refractivity contribution in [1.29, 1.82) is 0 Å². The van der Waals surface area contributed by atoms with Crippen molar-refractivity contribution in [1.82, 2.24) is 15.6 Å². The first-order valence-corrected chi connectivity index (χ1v) is 10.3. The lowest BCUT2D eigenvalue weighted by Gasteiger charge is -2.22. The maximum Gasteiger partial charge on any atom is 0.253 e. The van der Waals surface area contributed by atoms with Crippen molar-refractivity contribution >= 4 is 11.8 Å². The number of H-pyrrole nitrogens is 1. The predicted octanol–water partition coefficient (Wildman–Crippen LogP) is 3.36. The summed E-state index contributed by atoms with van der Waals surface area (Å²) < 4.78 is 0. The van der Waals surface area contributed by atoms with E-state index in [4.69, 9.17) is 0 Å². The zero-order valence-electron chi connectivity index (χ0n) is 19.0. The Hall–Kier alpha value is -2.89. The molecule has 0 saturated heterocycles. The second kappa shape index (κ2) is 9.28. The molecule has 0 radical (unpaired) electrons. The normalized spacial score (nSPS) is 12.5. The maximum atomic E-state index is 12.8. The van der Waals surface area contributed by atoms with E-state index in [1.54, 1.807) is 12.1 Å². The predicted molar refractivity (Wildman–Crippen MR) is 120 cm³/mol. The van der Waals surface area contributed by atoms with Crippen LogP contribution in [0.5, 0.6) is 0 Å². The van der Waals surface area contributed by atoms with E-state index < -0.39 is 6.04 Å². The molecule has 30 heavy (non-hydrogen) atoms. The van der Waals surface area contributed by atoms with Crippen molar-refractivity contribution in [3.8, 4) is 0 Å². The Morgan fingerprint density at radius 3 is 2.17 bits per heavy atom. The van der Waals surface area contributed by atoms with Gasteiger partial charge in [-0.2, -0.15) is 0 Å². The molecule has 0 aliphatic heterocycles. The first kappa shape index (κ1) is 23.4. The largest absolute Gasteiger partial charge is 0.350 e. The molecule has 0 aliphatic carbocycles. The van der Waals surface area contributed by atoms with Crippen LogP contribution in [0.1, 0.15) is 67.4 Å². The summed E-state index contributed by atoms with van der Waals surface area (Å²) >= 11 is 0. The van der Waals surface area contributed by atoms with Crippen LogP contribution in [0.3, 0.4) is 0 Å². The Morgan fingerprint density at radius 1 is 1.07 bits per heavy atom. The molecule has 1 aromatic heterocycles. The van der Waals surface area contributed by atoms with Crippen LogP contribution >= 0.6 is 0 Å². The van der Waals surface area contributed by atoms with Gasteiger partial charge in [-0.05, 0) is 54.5 Å². The van der Waals surface area contributed by atoms with Crippen molar-refractivity contribution in [3.05, 3.63) is 68.6 Å². The lowest BCUT2D eigenvalue weighted by Crippen LogP contribution is -2.49. The third-order valence-electron chi connectivity index (χ3n) is 5.18. The molecule has 1 aromatic carbocycles. The zero-order chi connectivity index (χ0) is 22.6. The molecule has 0 aliphatic rings. The number of amides is 2. The molecular weight excluding hydrogens is 378 g/mol. The molecule has 162 valence electrons. The van der Waals surface area contributed by atoms with Crippen LogP contribution in [0.15, 0.2) is 35.1 Å². The molecule has 0 saturated carbocycles. The van der Waals surface area contributed by atoms with Gasteiger partial charge >= 0.3 is 0 Å². The van der Waals surface area contributed by atoms with Crippen molar-refractivity contribution in [2.45, 2.75) is 66.5 Å². The minimum Gasteiger partial charge on any atom is -0.350 e. The third kappa shape index (κ3) is 5.81. The smallest absolute Gasteiger partial charge is 0.253 e. The van der Waals surface area contributed by atoms with E-state index in [1.807, 2.05) is 45.9 Å². The standard InChI is InChI=1S/C24H33N3O3/c1-14(2)20(23(30)25-13-19-15(3)12-16(4)26-22(19)29)27-21(28)17-8-10-18(11-9-17)24(5,6)7/h8-12,14,20H,13H2,1-7H3,(H,25,30)(H,26,29)(H,27,28)/t20-/m0/s1. The number of carbonyl (C=O) groups excluding carboxylic acids is 2. The highest BCUT2D eigenvalue weighted by atomic mass is 16.2. The van der Waals surface area contributed by atoms with Gasteiger partial charge in [0.2, 0.25) is 5.91 Å². The van der Waals surface area contributed by atoms with E-state index in [1.165, 1.54) is 0 Å². The maximum absolute atomic E-state index is 12.8. The highest BCUT2D eigenvalue weighted by Crippen LogP contribution is 2.22. The Bertz CT molecular complexity index is 967. The molecule has 0 unspecified atom stereocenters. The summed E-state index contributed by atoms with van der Waals surface area (Å²) in [5.41, 5.74) is 3.54. The quantitative estimate of drug-likeness (QED) is 0.681. The number of carbonyl (C=O) groups is 2. The van der Waals surface area contributed by atoms with Crippen LogP contribution in [0, 0.1) is 19.8 Å². The summed E-state index contributed by atoms with van der Waals surface area (Å²) in [5, 5.41) is 5.62. The van der Waals surface area contributed by atoms with Crippen molar-refractivity contribution < 1.29 is 9.59 Å². The first-order valence-electron chi connectivity index (χ1n) is 10.3. The van der Waals surface area contributed by atoms with Gasteiger partial charge in [-0.25, -0.2) is 0 Å². The highest BCUT2D eigenvalue weighted by molar-refractivity contribution is 5.97. The number of aromatic amines is 1. The number of hydrogen-bond acceptors (Lipinski definition) is 3. The summed E-state index contributed by atoms with van der Waals surface area (Å²) in [6, 6.07) is 8.59. The Morgan fingerprint density at radius 2 is 1.67 bits per heavy atom. The van der Waals surface area contributed by atoms with E-state index in [0.717, 1.165) is 16.8 Å². The van der Waals surface area contributed by atoms with Crippen molar-refractivity contribution in [3.63, 3.8) is 0 Å². The molecule has 0 spiro atoms. The summed E-state index contributed by atoms with van der Waals surface area (Å²) in [6.45, 7) is 13.8. The van der Waals surface area contributed by atoms with Crippen molar-refractivity contribution in [2.75, 3.05) is 0 Å². The molecule has 3 N–H and O–H groups in total. The van der Waals surface area contributed by atoms with E-state index in [2.05, 4.69) is 36.4 Å². The van der Waals surface area contributed by atoms with Gasteiger partial charge < -0.3 is 15.6 Å². The van der Waals surface area contributed by atoms with E-state index in [0.29, 0.717) is 11.1 Å². The van der Waals surface area contributed by atoms with E-state index in [-0.39, 0.29) is 35.3 Å². The Labute approximate surface area is 178 Å². The van der Waals surface area contributed by atoms with Crippen LogP contribution in [-0.2, 0) is 16.8 Å². The fourth-order valence-corrected chi connectivity index (χ4v) is 3.27. The molecule has 6 nitrogen and oxygen atoms in total. The number of pyridine rings is 1. The molecule has 2 aromatic rings. The number of aromatic nitrogens is 1. The Kier molecular flexibility index (Phi) is 7.24. The molecule has 2 amide bonds. The van der Waals surface area contributed by atoms with Gasteiger partial charge in [-0.15, -0.1) is 0 Å². The van der Waals surface area contributed by atoms with Crippen LogP contribution in [-0.4, -0.2) is 22.8 Å². The molecular formula is C24H33N3O3. The van der Waals surface area contributed by atoms with Crippen LogP contribution in [0.25, 0.3) is 0 Å². The minimum atomic E-state index is -0.704. The summed E-state index contributed by atoms with van der Waals surface area (Å²) in [7, 11) is 0. The zero-order valence-corrected chi connectivity index (χ0v) is 19.0. The summed E-state index contributed by atoms with van der Waals surface area (Å²) in [6.07, 6.45) is 0. The third-order valence-corrected chi connectivity index (χ3v) is 5.18.